The Hall–Kier alpha value is -0.330. The fourth-order valence-corrected chi connectivity index (χ4v) is 2.01. The molecule has 0 bridgehead atoms. The molecule has 1 heterocycles. The SMILES string of the molecule is CC(CC(F)(F)F)NCC1(CO)CCOCC1. The molecule has 0 aromatic heterocycles. The third-order valence-electron chi connectivity index (χ3n) is 3.25. The number of hydrogen-bond donors (Lipinski definition) is 2. The average molecular weight is 255 g/mol. The molecule has 0 aliphatic carbocycles. The molecule has 1 rings (SSSR count). The van der Waals surface area contributed by atoms with Crippen molar-refractivity contribution in [1.82, 2.24) is 5.32 Å². The van der Waals surface area contributed by atoms with Crippen LogP contribution in [0.1, 0.15) is 26.2 Å². The Bertz CT molecular complexity index is 227. The molecule has 0 saturated carbocycles. The van der Waals surface area contributed by atoms with Crippen LogP contribution < -0.4 is 5.32 Å². The zero-order valence-corrected chi connectivity index (χ0v) is 10.0. The Balaban J connectivity index is 2.36. The minimum atomic E-state index is -4.14. The lowest BCUT2D eigenvalue weighted by atomic mass is 9.81. The highest BCUT2D eigenvalue weighted by atomic mass is 19.4. The normalized spacial score (nSPS) is 22.4. The maximum Gasteiger partial charge on any atom is 0.390 e. The molecule has 0 aromatic carbocycles. The van der Waals surface area contributed by atoms with E-state index in [-0.39, 0.29) is 12.0 Å². The van der Waals surface area contributed by atoms with Crippen molar-refractivity contribution in [2.75, 3.05) is 26.4 Å². The summed E-state index contributed by atoms with van der Waals surface area (Å²) in [5.74, 6) is 0. The zero-order chi connectivity index (χ0) is 12.9. The van der Waals surface area contributed by atoms with Crippen LogP contribution in [0.4, 0.5) is 13.2 Å². The number of ether oxygens (including phenoxy) is 1. The van der Waals surface area contributed by atoms with Gasteiger partial charge in [0.25, 0.3) is 0 Å². The summed E-state index contributed by atoms with van der Waals surface area (Å²) >= 11 is 0. The first-order valence-corrected chi connectivity index (χ1v) is 5.86. The summed E-state index contributed by atoms with van der Waals surface area (Å²) in [6.45, 7) is 3.04. The van der Waals surface area contributed by atoms with E-state index in [4.69, 9.17) is 4.74 Å². The highest BCUT2D eigenvalue weighted by Gasteiger charge is 2.34. The maximum absolute atomic E-state index is 12.1. The highest BCUT2D eigenvalue weighted by molar-refractivity contribution is 4.84. The van der Waals surface area contributed by atoms with Gasteiger partial charge in [-0.15, -0.1) is 0 Å². The van der Waals surface area contributed by atoms with Crippen molar-refractivity contribution in [3.8, 4) is 0 Å². The molecule has 1 saturated heterocycles. The fraction of sp³-hybridized carbons (Fsp3) is 1.00. The third-order valence-corrected chi connectivity index (χ3v) is 3.25. The number of rotatable bonds is 5. The number of alkyl halides is 3. The Morgan fingerprint density at radius 3 is 2.41 bits per heavy atom. The first-order valence-electron chi connectivity index (χ1n) is 5.86. The summed E-state index contributed by atoms with van der Waals surface area (Å²) < 4.78 is 41.6. The lowest BCUT2D eigenvalue weighted by molar-refractivity contribution is -0.139. The standard InChI is InChI=1S/C11H20F3NO2/c1-9(6-11(12,13)14)15-7-10(8-16)2-4-17-5-3-10/h9,15-16H,2-8H2,1H3. The van der Waals surface area contributed by atoms with Crippen LogP contribution in [-0.2, 0) is 4.74 Å². The summed E-state index contributed by atoms with van der Waals surface area (Å²) in [5.41, 5.74) is -0.321. The van der Waals surface area contributed by atoms with Crippen molar-refractivity contribution in [2.24, 2.45) is 5.41 Å². The second kappa shape index (κ2) is 6.02. The van der Waals surface area contributed by atoms with Crippen LogP contribution in [0.2, 0.25) is 0 Å². The van der Waals surface area contributed by atoms with Gasteiger partial charge in [-0.2, -0.15) is 13.2 Å². The van der Waals surface area contributed by atoms with Crippen LogP contribution in [0.3, 0.4) is 0 Å². The van der Waals surface area contributed by atoms with E-state index in [9.17, 15) is 18.3 Å². The summed E-state index contributed by atoms with van der Waals surface area (Å²) in [6, 6.07) is -0.624. The molecule has 0 radical (unpaired) electrons. The quantitative estimate of drug-likeness (QED) is 0.785. The molecule has 1 unspecified atom stereocenters. The van der Waals surface area contributed by atoms with Gasteiger partial charge in [-0.3, -0.25) is 0 Å². The van der Waals surface area contributed by atoms with Crippen LogP contribution in [-0.4, -0.2) is 43.7 Å². The Labute approximate surface area is 99.3 Å². The molecule has 0 amide bonds. The van der Waals surface area contributed by atoms with Gasteiger partial charge in [-0.25, -0.2) is 0 Å². The van der Waals surface area contributed by atoms with Crippen LogP contribution in [0.25, 0.3) is 0 Å². The third kappa shape index (κ3) is 5.23. The van der Waals surface area contributed by atoms with E-state index >= 15 is 0 Å². The van der Waals surface area contributed by atoms with E-state index in [1.54, 1.807) is 0 Å². The molecule has 1 aliphatic heterocycles. The summed E-state index contributed by atoms with van der Waals surface area (Å²) in [5, 5.41) is 12.2. The first kappa shape index (κ1) is 14.7. The first-order chi connectivity index (χ1) is 7.87. The van der Waals surface area contributed by atoms with Crippen molar-refractivity contribution < 1.29 is 23.0 Å². The molecular weight excluding hydrogens is 235 g/mol. The second-order valence-corrected chi connectivity index (χ2v) is 4.87. The molecule has 102 valence electrons. The molecule has 0 aromatic rings. The van der Waals surface area contributed by atoms with Crippen molar-refractivity contribution in [2.45, 2.75) is 38.4 Å². The molecule has 3 nitrogen and oxygen atoms in total. The van der Waals surface area contributed by atoms with Crippen LogP contribution in [0.15, 0.2) is 0 Å². The van der Waals surface area contributed by atoms with Crippen LogP contribution in [0.5, 0.6) is 0 Å². The minimum Gasteiger partial charge on any atom is -0.396 e. The van der Waals surface area contributed by atoms with Gasteiger partial charge in [-0.1, -0.05) is 0 Å². The topological polar surface area (TPSA) is 41.5 Å². The van der Waals surface area contributed by atoms with E-state index in [2.05, 4.69) is 5.32 Å². The number of nitrogens with one attached hydrogen (secondary N) is 1. The fourth-order valence-electron chi connectivity index (χ4n) is 2.01. The number of halogens is 3. The van der Waals surface area contributed by atoms with E-state index in [0.29, 0.717) is 32.6 Å². The van der Waals surface area contributed by atoms with Gasteiger partial charge in [0.15, 0.2) is 0 Å². The van der Waals surface area contributed by atoms with E-state index in [1.807, 2.05) is 0 Å². The van der Waals surface area contributed by atoms with E-state index < -0.39 is 18.6 Å². The summed E-state index contributed by atoms with van der Waals surface area (Å²) in [6.07, 6.45) is -3.61. The molecule has 1 fully saturated rings. The average Bonchev–Trinajstić information content (AvgIpc) is 2.25. The predicted octanol–water partition coefficient (Wildman–Crippen LogP) is 1.71. The highest BCUT2D eigenvalue weighted by Crippen LogP contribution is 2.29. The lowest BCUT2D eigenvalue weighted by Gasteiger charge is -2.36. The zero-order valence-electron chi connectivity index (χ0n) is 10.0. The predicted molar refractivity (Wildman–Crippen MR) is 57.7 cm³/mol. The van der Waals surface area contributed by atoms with Crippen LogP contribution in [0, 0.1) is 5.41 Å². The van der Waals surface area contributed by atoms with E-state index in [0.717, 1.165) is 0 Å². The van der Waals surface area contributed by atoms with Gasteiger partial charge >= 0.3 is 6.18 Å². The Morgan fingerprint density at radius 2 is 1.94 bits per heavy atom. The molecule has 17 heavy (non-hydrogen) atoms. The molecule has 6 heteroatoms. The second-order valence-electron chi connectivity index (χ2n) is 4.87. The molecule has 2 N–H and O–H groups in total. The van der Waals surface area contributed by atoms with Gasteiger partial charge in [0.1, 0.15) is 0 Å². The summed E-state index contributed by atoms with van der Waals surface area (Å²) in [4.78, 5) is 0. The van der Waals surface area contributed by atoms with Crippen molar-refractivity contribution in [3.63, 3.8) is 0 Å². The smallest absolute Gasteiger partial charge is 0.390 e. The van der Waals surface area contributed by atoms with Crippen molar-refractivity contribution >= 4 is 0 Å². The monoisotopic (exact) mass is 255 g/mol. The molecule has 0 spiro atoms. The largest absolute Gasteiger partial charge is 0.396 e. The number of aliphatic hydroxyl groups is 1. The lowest BCUT2D eigenvalue weighted by Crippen LogP contribution is -2.45. The maximum atomic E-state index is 12.1. The summed E-state index contributed by atoms with van der Waals surface area (Å²) in [7, 11) is 0. The Morgan fingerprint density at radius 1 is 1.35 bits per heavy atom. The van der Waals surface area contributed by atoms with Crippen molar-refractivity contribution in [1.29, 1.82) is 0 Å². The van der Waals surface area contributed by atoms with E-state index in [1.165, 1.54) is 6.92 Å². The van der Waals surface area contributed by atoms with Crippen molar-refractivity contribution in [3.05, 3.63) is 0 Å². The minimum absolute atomic E-state index is 0.0118. The molecule has 1 aliphatic rings. The van der Waals surface area contributed by atoms with Crippen LogP contribution >= 0.6 is 0 Å². The molecular formula is C11H20F3NO2. The van der Waals surface area contributed by atoms with Gasteiger partial charge in [0, 0.05) is 31.2 Å². The van der Waals surface area contributed by atoms with Gasteiger partial charge in [0.2, 0.25) is 0 Å². The van der Waals surface area contributed by atoms with Gasteiger partial charge in [-0.05, 0) is 19.8 Å². The molecule has 1 atom stereocenters. The van der Waals surface area contributed by atoms with Gasteiger partial charge in [0.05, 0.1) is 13.0 Å². The Kier molecular flexibility index (Phi) is 5.22. The number of aliphatic hydroxyl groups excluding tert-OH is 1. The number of hydrogen-bond acceptors (Lipinski definition) is 3. The van der Waals surface area contributed by atoms with Gasteiger partial charge < -0.3 is 15.2 Å².